The predicted molar refractivity (Wildman–Crippen MR) is 70.3 cm³/mol. The summed E-state index contributed by atoms with van der Waals surface area (Å²) in [4.78, 5) is 3.58. The molecule has 0 amide bonds. The largest absolute Gasteiger partial charge is 0.496 e. The van der Waals surface area contributed by atoms with Crippen molar-refractivity contribution in [1.29, 1.82) is 0 Å². The summed E-state index contributed by atoms with van der Waals surface area (Å²) in [5.41, 5.74) is 0. The van der Waals surface area contributed by atoms with Crippen LogP contribution in [-0.2, 0) is 6.54 Å². The lowest BCUT2D eigenvalue weighted by molar-refractivity contribution is 0.309. The van der Waals surface area contributed by atoms with Gasteiger partial charge in [0, 0.05) is 19.1 Å². The number of likely N-dealkylation sites (N-methyl/N-ethyl adjacent to an activating group) is 1. The van der Waals surface area contributed by atoms with Gasteiger partial charge in [-0.15, -0.1) is 11.3 Å². The summed E-state index contributed by atoms with van der Waals surface area (Å²) >= 11 is 1.74. The minimum atomic E-state index is 0.497. The number of ether oxygens (including phenoxy) is 1. The molecule has 0 bridgehead atoms. The molecule has 1 rings (SSSR count). The maximum Gasteiger partial charge on any atom is 0.134 e. The molecule has 16 heavy (non-hydrogen) atoms. The summed E-state index contributed by atoms with van der Waals surface area (Å²) < 4.78 is 5.28. The quantitative estimate of drug-likeness (QED) is 0.793. The lowest BCUT2D eigenvalue weighted by Gasteiger charge is -2.20. The highest BCUT2D eigenvalue weighted by Gasteiger charge is 2.07. The van der Waals surface area contributed by atoms with Gasteiger partial charge >= 0.3 is 0 Å². The maximum atomic E-state index is 5.28. The van der Waals surface area contributed by atoms with Gasteiger partial charge in [0.05, 0.1) is 12.0 Å². The van der Waals surface area contributed by atoms with E-state index >= 15 is 0 Å². The van der Waals surface area contributed by atoms with Crippen molar-refractivity contribution in [2.45, 2.75) is 26.4 Å². The molecule has 0 radical (unpaired) electrons. The Balaban J connectivity index is 2.34. The zero-order valence-corrected chi connectivity index (χ0v) is 11.4. The van der Waals surface area contributed by atoms with Crippen LogP contribution in [0.1, 0.15) is 18.7 Å². The molecular weight excluding hydrogens is 220 g/mol. The van der Waals surface area contributed by atoms with E-state index in [9.17, 15) is 0 Å². The molecule has 3 nitrogen and oxygen atoms in total. The number of rotatable bonds is 7. The van der Waals surface area contributed by atoms with E-state index in [2.05, 4.69) is 36.5 Å². The number of methoxy groups -OCH3 is 1. The van der Waals surface area contributed by atoms with Crippen LogP contribution in [-0.4, -0.2) is 38.2 Å². The summed E-state index contributed by atoms with van der Waals surface area (Å²) in [6.45, 7) is 7.44. The summed E-state index contributed by atoms with van der Waals surface area (Å²) in [5.74, 6) is 0.994. The van der Waals surface area contributed by atoms with E-state index in [0.29, 0.717) is 6.04 Å². The number of nitrogens with one attached hydrogen (secondary N) is 1. The summed E-state index contributed by atoms with van der Waals surface area (Å²) in [6, 6.07) is 2.52. The molecular formula is C12H22N2OS. The second kappa shape index (κ2) is 6.89. The third-order valence-corrected chi connectivity index (χ3v) is 3.56. The minimum absolute atomic E-state index is 0.497. The first-order chi connectivity index (χ1) is 7.67. The van der Waals surface area contributed by atoms with Gasteiger partial charge in [-0.3, -0.25) is 0 Å². The van der Waals surface area contributed by atoms with Crippen LogP contribution >= 0.6 is 11.3 Å². The molecule has 4 heteroatoms. The predicted octanol–water partition coefficient (Wildman–Crippen LogP) is 2.19. The Hall–Kier alpha value is -0.580. The van der Waals surface area contributed by atoms with Crippen LogP contribution in [0.25, 0.3) is 0 Å². The first kappa shape index (κ1) is 13.5. The molecule has 1 atom stereocenters. The minimum Gasteiger partial charge on any atom is -0.496 e. The van der Waals surface area contributed by atoms with Gasteiger partial charge in [0.25, 0.3) is 0 Å². The standard InChI is InChI=1S/C12H22N2OS/c1-5-14(3)9-10(2)13-8-12-11(15-4)6-7-16-12/h6-7,10,13H,5,8-9H2,1-4H3. The second-order valence-electron chi connectivity index (χ2n) is 4.05. The lowest BCUT2D eigenvalue weighted by Crippen LogP contribution is -2.36. The highest BCUT2D eigenvalue weighted by atomic mass is 32.1. The molecule has 1 aromatic heterocycles. The van der Waals surface area contributed by atoms with E-state index in [0.717, 1.165) is 25.4 Å². The van der Waals surface area contributed by atoms with E-state index in [-0.39, 0.29) is 0 Å². The Morgan fingerprint density at radius 1 is 1.56 bits per heavy atom. The fraction of sp³-hybridized carbons (Fsp3) is 0.667. The second-order valence-corrected chi connectivity index (χ2v) is 5.05. The van der Waals surface area contributed by atoms with Crippen LogP contribution in [0.5, 0.6) is 5.75 Å². The lowest BCUT2D eigenvalue weighted by atomic mass is 10.3. The zero-order valence-electron chi connectivity index (χ0n) is 10.6. The van der Waals surface area contributed by atoms with Gasteiger partial charge < -0.3 is 15.0 Å². The normalized spacial score (nSPS) is 13.1. The molecule has 0 aromatic carbocycles. The Bertz CT molecular complexity index is 301. The van der Waals surface area contributed by atoms with Crippen molar-refractivity contribution in [2.75, 3.05) is 27.2 Å². The summed E-state index contributed by atoms with van der Waals surface area (Å²) in [7, 11) is 3.86. The van der Waals surface area contributed by atoms with Gasteiger partial charge in [-0.05, 0) is 32.0 Å². The number of hydrogen-bond acceptors (Lipinski definition) is 4. The molecule has 1 N–H and O–H groups in total. The molecule has 0 spiro atoms. The van der Waals surface area contributed by atoms with Crippen LogP contribution in [0, 0.1) is 0 Å². The van der Waals surface area contributed by atoms with Gasteiger partial charge in [0.2, 0.25) is 0 Å². The van der Waals surface area contributed by atoms with Crippen LogP contribution in [0.3, 0.4) is 0 Å². The summed E-state index contributed by atoms with van der Waals surface area (Å²) in [5, 5.41) is 5.58. The van der Waals surface area contributed by atoms with Crippen molar-refractivity contribution in [1.82, 2.24) is 10.2 Å². The average Bonchev–Trinajstić information content (AvgIpc) is 2.73. The van der Waals surface area contributed by atoms with Gasteiger partial charge in [0.1, 0.15) is 5.75 Å². The van der Waals surface area contributed by atoms with Gasteiger partial charge in [0.15, 0.2) is 0 Å². The Kier molecular flexibility index (Phi) is 5.80. The average molecular weight is 242 g/mol. The SMILES string of the molecule is CCN(C)CC(C)NCc1sccc1OC. The monoisotopic (exact) mass is 242 g/mol. The molecule has 0 fully saturated rings. The summed E-state index contributed by atoms with van der Waals surface area (Å²) in [6.07, 6.45) is 0. The third kappa shape index (κ3) is 4.12. The van der Waals surface area contributed by atoms with E-state index in [1.54, 1.807) is 18.4 Å². The highest BCUT2D eigenvalue weighted by molar-refractivity contribution is 7.10. The Labute approximate surface area is 102 Å². The molecule has 92 valence electrons. The van der Waals surface area contributed by atoms with E-state index in [1.165, 1.54) is 4.88 Å². The van der Waals surface area contributed by atoms with Crippen molar-refractivity contribution in [3.05, 3.63) is 16.3 Å². The maximum absolute atomic E-state index is 5.28. The van der Waals surface area contributed by atoms with E-state index in [1.807, 2.05) is 6.07 Å². The van der Waals surface area contributed by atoms with Crippen molar-refractivity contribution in [2.24, 2.45) is 0 Å². The van der Waals surface area contributed by atoms with Crippen LogP contribution < -0.4 is 10.1 Å². The zero-order chi connectivity index (χ0) is 12.0. The first-order valence-electron chi connectivity index (χ1n) is 5.69. The Morgan fingerprint density at radius 2 is 2.31 bits per heavy atom. The highest BCUT2D eigenvalue weighted by Crippen LogP contribution is 2.23. The van der Waals surface area contributed by atoms with Gasteiger partial charge in [-0.25, -0.2) is 0 Å². The number of thiophene rings is 1. The molecule has 1 heterocycles. The van der Waals surface area contributed by atoms with Gasteiger partial charge in [-0.1, -0.05) is 6.92 Å². The van der Waals surface area contributed by atoms with Crippen LogP contribution in [0.2, 0.25) is 0 Å². The van der Waals surface area contributed by atoms with Crippen molar-refractivity contribution < 1.29 is 4.74 Å². The van der Waals surface area contributed by atoms with Crippen LogP contribution in [0.15, 0.2) is 11.4 Å². The molecule has 1 unspecified atom stereocenters. The molecule has 0 aliphatic heterocycles. The molecule has 0 saturated heterocycles. The topological polar surface area (TPSA) is 24.5 Å². The Morgan fingerprint density at radius 3 is 2.94 bits per heavy atom. The third-order valence-electron chi connectivity index (χ3n) is 2.66. The van der Waals surface area contributed by atoms with E-state index < -0.39 is 0 Å². The van der Waals surface area contributed by atoms with Crippen molar-refractivity contribution in [3.63, 3.8) is 0 Å². The molecule has 0 aliphatic carbocycles. The first-order valence-corrected chi connectivity index (χ1v) is 6.57. The molecule has 0 saturated carbocycles. The fourth-order valence-electron chi connectivity index (χ4n) is 1.57. The number of hydrogen-bond donors (Lipinski definition) is 1. The molecule has 0 aliphatic rings. The smallest absolute Gasteiger partial charge is 0.134 e. The van der Waals surface area contributed by atoms with Crippen molar-refractivity contribution in [3.8, 4) is 5.75 Å². The van der Waals surface area contributed by atoms with Crippen molar-refractivity contribution >= 4 is 11.3 Å². The molecule has 1 aromatic rings. The fourth-order valence-corrected chi connectivity index (χ4v) is 2.36. The van der Waals surface area contributed by atoms with Gasteiger partial charge in [-0.2, -0.15) is 0 Å². The van der Waals surface area contributed by atoms with Crippen LogP contribution in [0.4, 0.5) is 0 Å². The van der Waals surface area contributed by atoms with E-state index in [4.69, 9.17) is 4.74 Å². The number of nitrogens with zero attached hydrogens (tertiary/aromatic N) is 1.